The molecule has 0 radical (unpaired) electrons. The van der Waals surface area contributed by atoms with Gasteiger partial charge in [0.2, 0.25) is 5.43 Å². The minimum Gasteiger partial charge on any atom is -0.386 e. The topological polar surface area (TPSA) is 87.5 Å². The second kappa shape index (κ2) is 8.04. The van der Waals surface area contributed by atoms with Gasteiger partial charge >= 0.3 is 0 Å². The van der Waals surface area contributed by atoms with Crippen molar-refractivity contribution in [1.82, 2.24) is 14.9 Å². The second-order valence-corrected chi connectivity index (χ2v) is 8.26. The number of aliphatic hydroxyl groups is 1. The predicted molar refractivity (Wildman–Crippen MR) is 117 cm³/mol. The van der Waals surface area contributed by atoms with Crippen LogP contribution in [-0.2, 0) is 0 Å². The zero-order valence-corrected chi connectivity index (χ0v) is 18.0. The monoisotopic (exact) mass is 458 g/mol. The van der Waals surface area contributed by atoms with Crippen LogP contribution in [-0.4, -0.2) is 39.3 Å². The lowest BCUT2D eigenvalue weighted by Crippen LogP contribution is -2.60. The number of anilines is 1. The Bertz CT molecular complexity index is 1340. The van der Waals surface area contributed by atoms with Gasteiger partial charge in [-0.25, -0.2) is 18.2 Å². The Morgan fingerprint density at radius 3 is 2.45 bits per heavy atom. The molecule has 0 spiro atoms. The largest absolute Gasteiger partial charge is 0.386 e. The molecule has 33 heavy (non-hydrogen) atoms. The second-order valence-electron chi connectivity index (χ2n) is 8.26. The lowest BCUT2D eigenvalue weighted by Gasteiger charge is -2.45. The van der Waals surface area contributed by atoms with Crippen LogP contribution in [0.25, 0.3) is 16.7 Å². The van der Waals surface area contributed by atoms with Gasteiger partial charge in [0.05, 0.1) is 11.0 Å². The maximum atomic E-state index is 14.7. The molecule has 0 atom stereocenters. The van der Waals surface area contributed by atoms with Crippen LogP contribution in [0.5, 0.6) is 0 Å². The number of nitrogens with zero attached hydrogens (tertiary/aromatic N) is 3. The summed E-state index contributed by atoms with van der Waals surface area (Å²) in [5, 5.41) is 12.4. The van der Waals surface area contributed by atoms with Crippen molar-refractivity contribution in [3.05, 3.63) is 76.0 Å². The van der Waals surface area contributed by atoms with Gasteiger partial charge in [-0.05, 0) is 25.5 Å². The van der Waals surface area contributed by atoms with Gasteiger partial charge in [0.1, 0.15) is 22.9 Å². The highest BCUT2D eigenvalue weighted by Gasteiger charge is 2.37. The lowest BCUT2D eigenvalue weighted by molar-refractivity contribution is 0.0305. The van der Waals surface area contributed by atoms with Crippen molar-refractivity contribution >= 4 is 22.8 Å². The molecule has 0 bridgehead atoms. The first-order valence-corrected chi connectivity index (χ1v) is 10.2. The number of amides is 1. The molecule has 1 saturated heterocycles. The Hall–Kier alpha value is -3.66. The number of carbonyl (C=O) groups excluding carboxylic acids is 1. The molecule has 1 amide bonds. The molecule has 0 saturated carbocycles. The Morgan fingerprint density at radius 2 is 1.88 bits per heavy atom. The molecule has 2 aromatic heterocycles. The number of hydrogen-bond donors (Lipinski definition) is 2. The van der Waals surface area contributed by atoms with Gasteiger partial charge in [0.15, 0.2) is 17.3 Å². The first-order valence-electron chi connectivity index (χ1n) is 10.2. The van der Waals surface area contributed by atoms with Crippen molar-refractivity contribution in [2.24, 2.45) is 0 Å². The number of benzene rings is 1. The summed E-state index contributed by atoms with van der Waals surface area (Å²) in [4.78, 5) is 31.9. The summed E-state index contributed by atoms with van der Waals surface area (Å²) < 4.78 is 43.8. The normalized spacial score (nSPS) is 14.8. The van der Waals surface area contributed by atoms with E-state index in [0.29, 0.717) is 30.1 Å². The first-order chi connectivity index (χ1) is 15.5. The summed E-state index contributed by atoms with van der Waals surface area (Å²) in [6.07, 6.45) is 1.39. The highest BCUT2D eigenvalue weighted by Crippen LogP contribution is 2.29. The summed E-state index contributed by atoms with van der Waals surface area (Å²) in [5.74, 6) is -4.02. The molecule has 2 N–H and O–H groups in total. The molecule has 10 heteroatoms. The van der Waals surface area contributed by atoms with Gasteiger partial charge in [0, 0.05) is 37.1 Å². The number of allylic oxidation sites excluding steroid dienone is 1. The molecule has 1 aliphatic heterocycles. The first kappa shape index (κ1) is 22.5. The fourth-order valence-corrected chi connectivity index (χ4v) is 3.72. The van der Waals surface area contributed by atoms with Crippen molar-refractivity contribution in [2.45, 2.75) is 25.9 Å². The van der Waals surface area contributed by atoms with Crippen LogP contribution in [0.4, 0.5) is 19.0 Å². The van der Waals surface area contributed by atoms with Crippen molar-refractivity contribution in [1.29, 1.82) is 0 Å². The number of rotatable bonds is 5. The Balaban J connectivity index is 1.97. The number of nitrogens with one attached hydrogen (secondary N) is 1. The molecule has 0 unspecified atom stereocenters. The Kier molecular flexibility index (Phi) is 5.49. The summed E-state index contributed by atoms with van der Waals surface area (Å²) >= 11 is 0. The van der Waals surface area contributed by atoms with E-state index in [4.69, 9.17) is 0 Å². The quantitative estimate of drug-likeness (QED) is 0.614. The molecule has 0 aliphatic carbocycles. The number of fused-ring (bicyclic) bond motifs is 1. The van der Waals surface area contributed by atoms with E-state index >= 15 is 0 Å². The third-order valence-electron chi connectivity index (χ3n) is 5.41. The number of carbonyl (C=O) groups is 1. The molecular weight excluding hydrogens is 437 g/mol. The predicted octanol–water partition coefficient (Wildman–Crippen LogP) is 3.03. The molecule has 1 aliphatic rings. The summed E-state index contributed by atoms with van der Waals surface area (Å²) in [6, 6.07) is 3.91. The van der Waals surface area contributed by atoms with E-state index in [0.717, 1.165) is 10.8 Å². The van der Waals surface area contributed by atoms with E-state index in [1.54, 1.807) is 18.7 Å². The molecule has 3 aromatic rings. The van der Waals surface area contributed by atoms with E-state index in [1.807, 2.05) is 0 Å². The number of pyridine rings is 2. The van der Waals surface area contributed by atoms with Gasteiger partial charge in [-0.15, -0.1) is 0 Å². The van der Waals surface area contributed by atoms with Crippen LogP contribution >= 0.6 is 0 Å². The fourth-order valence-electron chi connectivity index (χ4n) is 3.72. The van der Waals surface area contributed by atoms with E-state index in [-0.39, 0.29) is 29.7 Å². The molecule has 1 fully saturated rings. The lowest BCUT2D eigenvalue weighted by atomic mass is 9.97. The maximum Gasteiger partial charge on any atom is 0.260 e. The van der Waals surface area contributed by atoms with Crippen LogP contribution in [0, 0.1) is 17.5 Å². The smallest absolute Gasteiger partial charge is 0.260 e. The number of hydrogen-bond acceptors (Lipinski definition) is 5. The fraction of sp³-hybridized carbons (Fsp3) is 0.261. The SMILES string of the molecule is C=C(CC)NC(=O)c1cn(-c2c(F)cc(F)cc2F)c2nc(N3CC(C)(O)C3)ccc2c1=O. The molecule has 3 heterocycles. The van der Waals surface area contributed by atoms with Crippen LogP contribution in [0.15, 0.2) is 47.5 Å². The summed E-state index contributed by atoms with van der Waals surface area (Å²) in [5.41, 5.74) is -2.45. The molecule has 172 valence electrons. The molecular formula is C23H21F3N4O3. The van der Waals surface area contributed by atoms with E-state index in [2.05, 4.69) is 16.9 Å². The maximum absolute atomic E-state index is 14.7. The van der Waals surface area contributed by atoms with E-state index in [1.165, 1.54) is 12.1 Å². The van der Waals surface area contributed by atoms with Crippen molar-refractivity contribution in [3.8, 4) is 5.69 Å². The standard InChI is InChI=1S/C23H21F3N4O3/c1-4-12(2)27-22(32)15-9-30(19-16(25)7-13(24)8-17(19)26)21-14(20(15)31)5-6-18(28-21)29-10-23(3,33)11-29/h5-9,33H,2,4,10-11H2,1,3H3,(H,27,32). The highest BCUT2D eigenvalue weighted by atomic mass is 19.1. The third kappa shape index (κ3) is 4.09. The number of halogens is 3. The minimum atomic E-state index is -1.24. The van der Waals surface area contributed by atoms with E-state index in [9.17, 15) is 27.9 Å². The van der Waals surface area contributed by atoms with Crippen LogP contribution < -0.4 is 15.6 Å². The van der Waals surface area contributed by atoms with Crippen molar-refractivity contribution in [3.63, 3.8) is 0 Å². The zero-order chi connectivity index (χ0) is 24.1. The third-order valence-corrected chi connectivity index (χ3v) is 5.41. The molecule has 1 aromatic carbocycles. The number of aromatic nitrogens is 2. The zero-order valence-electron chi connectivity index (χ0n) is 18.0. The Labute approximate surface area is 186 Å². The van der Waals surface area contributed by atoms with Gasteiger partial charge in [-0.1, -0.05) is 13.5 Å². The van der Waals surface area contributed by atoms with Gasteiger partial charge < -0.3 is 15.3 Å². The average molecular weight is 458 g/mol. The summed E-state index contributed by atoms with van der Waals surface area (Å²) in [7, 11) is 0. The van der Waals surface area contributed by atoms with E-state index < -0.39 is 40.1 Å². The number of β-amino-alcohol motifs (C(OH)–C–C–N with tert-alkyl or cyclic N) is 1. The van der Waals surface area contributed by atoms with Crippen LogP contribution in [0.2, 0.25) is 0 Å². The van der Waals surface area contributed by atoms with Gasteiger partial charge in [0.25, 0.3) is 5.91 Å². The van der Waals surface area contributed by atoms with Gasteiger partial charge in [-0.2, -0.15) is 0 Å². The molecule has 7 nitrogen and oxygen atoms in total. The van der Waals surface area contributed by atoms with Gasteiger partial charge in [-0.3, -0.25) is 14.2 Å². The van der Waals surface area contributed by atoms with Crippen LogP contribution in [0.3, 0.4) is 0 Å². The van der Waals surface area contributed by atoms with Crippen LogP contribution in [0.1, 0.15) is 30.6 Å². The highest BCUT2D eigenvalue weighted by molar-refractivity contribution is 5.98. The Morgan fingerprint density at radius 1 is 1.24 bits per heavy atom. The minimum absolute atomic E-state index is 0.0658. The average Bonchev–Trinajstić information content (AvgIpc) is 2.72. The van der Waals surface area contributed by atoms with Crippen molar-refractivity contribution in [2.75, 3.05) is 18.0 Å². The van der Waals surface area contributed by atoms with Crippen molar-refractivity contribution < 1.29 is 23.1 Å². The molecule has 4 rings (SSSR count). The summed E-state index contributed by atoms with van der Waals surface area (Å²) in [6.45, 7) is 7.62.